The Morgan fingerprint density at radius 2 is 2.00 bits per heavy atom. The maximum Gasteiger partial charge on any atom is 0.246 e. The van der Waals surface area contributed by atoms with Gasteiger partial charge in [0.2, 0.25) is 17.7 Å². The fraction of sp³-hybridized carbons (Fsp3) is 0.654. The molecule has 2 bridgehead atoms. The van der Waals surface area contributed by atoms with Gasteiger partial charge < -0.3 is 25.4 Å². The standard InChI is InChI=1S/C26H37N3O5/c1-3-9-17(2)28-24(32)22-26-13-12-19(34-26)20(21(26)25(33)29(22)14-7-8-15-30)23(31)27-16-18-10-5-4-6-11-18/h4-6,10-11,17,19-22,30H,3,7-9,12-16H2,1-2H3,(H,27,31)(H,28,32)/t17?,19-,20+,21+,22?,26?/m1/s1. The van der Waals surface area contributed by atoms with Crippen LogP contribution < -0.4 is 10.6 Å². The molecule has 3 unspecified atom stereocenters. The summed E-state index contributed by atoms with van der Waals surface area (Å²) in [5.41, 5.74) is 0.0197. The normalized spacial score (nSPS) is 30.3. The molecule has 0 saturated carbocycles. The fourth-order valence-corrected chi connectivity index (χ4v) is 6.12. The van der Waals surface area contributed by atoms with Crippen molar-refractivity contribution in [2.75, 3.05) is 13.2 Å². The number of nitrogens with one attached hydrogen (secondary N) is 2. The monoisotopic (exact) mass is 471 g/mol. The van der Waals surface area contributed by atoms with Crippen molar-refractivity contribution >= 4 is 17.7 Å². The Kier molecular flexibility index (Phi) is 7.57. The third-order valence-electron chi connectivity index (χ3n) is 7.58. The highest BCUT2D eigenvalue weighted by atomic mass is 16.5. The van der Waals surface area contributed by atoms with Crippen molar-refractivity contribution in [2.45, 2.75) is 82.7 Å². The minimum Gasteiger partial charge on any atom is -0.396 e. The Hall–Kier alpha value is -2.45. The number of carbonyl (C=O) groups excluding carboxylic acids is 3. The summed E-state index contributed by atoms with van der Waals surface area (Å²) in [7, 11) is 0. The summed E-state index contributed by atoms with van der Waals surface area (Å²) in [6.45, 7) is 4.82. The van der Waals surface area contributed by atoms with E-state index in [0.717, 1.165) is 18.4 Å². The molecular weight excluding hydrogens is 434 g/mol. The smallest absolute Gasteiger partial charge is 0.246 e. The highest BCUT2D eigenvalue weighted by Gasteiger charge is 2.74. The number of nitrogens with zero attached hydrogens (tertiary/aromatic N) is 1. The van der Waals surface area contributed by atoms with Gasteiger partial charge in [-0.2, -0.15) is 0 Å². The molecular formula is C26H37N3O5. The lowest BCUT2D eigenvalue weighted by atomic mass is 9.70. The molecule has 34 heavy (non-hydrogen) atoms. The molecule has 3 saturated heterocycles. The van der Waals surface area contributed by atoms with Crippen LogP contribution in [0.25, 0.3) is 0 Å². The van der Waals surface area contributed by atoms with Crippen molar-refractivity contribution in [1.82, 2.24) is 15.5 Å². The Morgan fingerprint density at radius 1 is 1.24 bits per heavy atom. The Labute approximate surface area is 201 Å². The number of hydrogen-bond acceptors (Lipinski definition) is 5. The van der Waals surface area contributed by atoms with Crippen LogP contribution >= 0.6 is 0 Å². The second-order valence-corrected chi connectivity index (χ2v) is 9.92. The van der Waals surface area contributed by atoms with Crippen LogP contribution in [-0.4, -0.2) is 64.7 Å². The van der Waals surface area contributed by atoms with E-state index in [2.05, 4.69) is 17.6 Å². The quantitative estimate of drug-likeness (QED) is 0.426. The van der Waals surface area contributed by atoms with Crippen molar-refractivity contribution in [2.24, 2.45) is 11.8 Å². The molecule has 0 aliphatic carbocycles. The first-order valence-electron chi connectivity index (χ1n) is 12.6. The van der Waals surface area contributed by atoms with Crippen LogP contribution in [-0.2, 0) is 25.7 Å². The highest BCUT2D eigenvalue weighted by Crippen LogP contribution is 2.58. The SMILES string of the molecule is CCCC(C)NC(=O)C1N(CCCCO)C(=O)[C@@H]2[C@@H](C(=O)NCc3ccccc3)[C@H]3CCC12O3. The van der Waals surface area contributed by atoms with Gasteiger partial charge in [0.1, 0.15) is 11.6 Å². The van der Waals surface area contributed by atoms with Crippen molar-refractivity contribution < 1.29 is 24.2 Å². The summed E-state index contributed by atoms with van der Waals surface area (Å²) in [4.78, 5) is 42.1. The molecule has 8 nitrogen and oxygen atoms in total. The molecule has 1 aromatic rings. The van der Waals surface area contributed by atoms with Crippen molar-refractivity contribution in [1.29, 1.82) is 0 Å². The van der Waals surface area contributed by atoms with Crippen molar-refractivity contribution in [3.05, 3.63) is 35.9 Å². The molecule has 1 spiro atoms. The van der Waals surface area contributed by atoms with Gasteiger partial charge in [-0.3, -0.25) is 14.4 Å². The zero-order chi connectivity index (χ0) is 24.3. The predicted octanol–water partition coefficient (Wildman–Crippen LogP) is 1.75. The molecule has 3 aliphatic rings. The minimum absolute atomic E-state index is 0.00841. The number of rotatable bonds is 11. The summed E-state index contributed by atoms with van der Waals surface area (Å²) in [5, 5.41) is 15.3. The molecule has 0 aromatic heterocycles. The molecule has 186 valence electrons. The van der Waals surface area contributed by atoms with Crippen LogP contribution in [0, 0.1) is 11.8 Å². The number of benzene rings is 1. The average Bonchev–Trinajstić information content (AvgIpc) is 3.46. The minimum atomic E-state index is -0.967. The molecule has 1 aromatic carbocycles. The first kappa shape index (κ1) is 24.7. The lowest BCUT2D eigenvalue weighted by Gasteiger charge is -2.34. The number of aliphatic hydroxyl groups excluding tert-OH is 1. The van der Waals surface area contributed by atoms with Crippen molar-refractivity contribution in [3.63, 3.8) is 0 Å². The van der Waals surface area contributed by atoms with E-state index in [1.807, 2.05) is 37.3 Å². The maximum atomic E-state index is 13.7. The first-order chi connectivity index (χ1) is 16.4. The lowest BCUT2D eigenvalue weighted by Crippen LogP contribution is -2.56. The second kappa shape index (κ2) is 10.4. The number of ether oxygens (including phenoxy) is 1. The topological polar surface area (TPSA) is 108 Å². The second-order valence-electron chi connectivity index (χ2n) is 9.92. The predicted molar refractivity (Wildman–Crippen MR) is 126 cm³/mol. The molecule has 3 heterocycles. The molecule has 3 amide bonds. The third kappa shape index (κ3) is 4.45. The molecule has 8 heteroatoms. The molecule has 3 fully saturated rings. The van der Waals surface area contributed by atoms with E-state index < -0.39 is 23.5 Å². The summed E-state index contributed by atoms with van der Waals surface area (Å²) in [6.07, 6.45) is 3.83. The summed E-state index contributed by atoms with van der Waals surface area (Å²) < 4.78 is 6.42. The van der Waals surface area contributed by atoms with Crippen LogP contribution in [0.5, 0.6) is 0 Å². The van der Waals surface area contributed by atoms with Crippen LogP contribution in [0.1, 0.15) is 57.9 Å². The van der Waals surface area contributed by atoms with Gasteiger partial charge in [0, 0.05) is 25.7 Å². The zero-order valence-corrected chi connectivity index (χ0v) is 20.2. The number of hydrogen-bond donors (Lipinski definition) is 3. The molecule has 3 N–H and O–H groups in total. The average molecular weight is 472 g/mol. The van der Waals surface area contributed by atoms with Gasteiger partial charge in [-0.25, -0.2) is 0 Å². The van der Waals surface area contributed by atoms with E-state index in [4.69, 9.17) is 4.74 Å². The Morgan fingerprint density at radius 3 is 2.71 bits per heavy atom. The van der Waals surface area contributed by atoms with E-state index >= 15 is 0 Å². The summed E-state index contributed by atoms with van der Waals surface area (Å²) in [5.74, 6) is -1.83. The van der Waals surface area contributed by atoms with Crippen LogP contribution in [0.4, 0.5) is 0 Å². The Balaban J connectivity index is 1.56. The van der Waals surface area contributed by atoms with Crippen LogP contribution in [0.2, 0.25) is 0 Å². The lowest BCUT2D eigenvalue weighted by molar-refractivity contribution is -0.142. The maximum absolute atomic E-state index is 13.7. The largest absolute Gasteiger partial charge is 0.396 e. The highest BCUT2D eigenvalue weighted by molar-refractivity contribution is 5.99. The van der Waals surface area contributed by atoms with E-state index in [-0.39, 0.29) is 36.5 Å². The van der Waals surface area contributed by atoms with Gasteiger partial charge in [-0.05, 0) is 44.6 Å². The van der Waals surface area contributed by atoms with E-state index in [9.17, 15) is 19.5 Å². The van der Waals surface area contributed by atoms with Crippen LogP contribution in [0.15, 0.2) is 30.3 Å². The first-order valence-corrected chi connectivity index (χ1v) is 12.6. The number of unbranched alkanes of at least 4 members (excludes halogenated alkanes) is 1. The number of aliphatic hydroxyl groups is 1. The van der Waals surface area contributed by atoms with Crippen molar-refractivity contribution in [3.8, 4) is 0 Å². The number of amides is 3. The van der Waals surface area contributed by atoms with Crippen LogP contribution in [0.3, 0.4) is 0 Å². The van der Waals surface area contributed by atoms with Gasteiger partial charge in [0.15, 0.2) is 0 Å². The van der Waals surface area contributed by atoms with E-state index in [1.54, 1.807) is 4.90 Å². The number of carbonyl (C=O) groups is 3. The van der Waals surface area contributed by atoms with E-state index in [1.165, 1.54) is 0 Å². The fourth-order valence-electron chi connectivity index (χ4n) is 6.12. The van der Waals surface area contributed by atoms with Gasteiger partial charge in [0.25, 0.3) is 0 Å². The molecule has 6 atom stereocenters. The zero-order valence-electron chi connectivity index (χ0n) is 20.2. The van der Waals surface area contributed by atoms with Gasteiger partial charge in [0.05, 0.1) is 17.9 Å². The summed E-state index contributed by atoms with van der Waals surface area (Å²) in [6, 6.07) is 8.90. The number of likely N-dealkylation sites (tertiary alicyclic amines) is 1. The third-order valence-corrected chi connectivity index (χ3v) is 7.58. The number of fused-ring (bicyclic) bond motifs is 1. The van der Waals surface area contributed by atoms with Gasteiger partial charge >= 0.3 is 0 Å². The van der Waals surface area contributed by atoms with Gasteiger partial charge in [-0.1, -0.05) is 43.7 Å². The van der Waals surface area contributed by atoms with E-state index in [0.29, 0.717) is 38.8 Å². The van der Waals surface area contributed by atoms with Gasteiger partial charge in [-0.15, -0.1) is 0 Å². The molecule has 0 radical (unpaired) electrons. The molecule has 4 rings (SSSR count). The Bertz CT molecular complexity index is 894. The molecule has 3 aliphatic heterocycles. The summed E-state index contributed by atoms with van der Waals surface area (Å²) >= 11 is 0.